The van der Waals surface area contributed by atoms with Gasteiger partial charge in [0.25, 0.3) is 5.56 Å². The number of aromatic amines is 1. The molecule has 1 fully saturated rings. The van der Waals surface area contributed by atoms with Gasteiger partial charge < -0.3 is 15.0 Å². The van der Waals surface area contributed by atoms with Crippen LogP contribution < -0.4 is 20.5 Å². The van der Waals surface area contributed by atoms with Gasteiger partial charge >= 0.3 is 0 Å². The van der Waals surface area contributed by atoms with Gasteiger partial charge in [-0.25, -0.2) is 5.10 Å². The van der Waals surface area contributed by atoms with E-state index in [4.69, 9.17) is 16.3 Å². The molecule has 1 aliphatic rings. The molecular weight excluding hydrogens is 366 g/mol. The largest absolute Gasteiger partial charge is 0.495 e. The van der Waals surface area contributed by atoms with Crippen LogP contribution in [0.5, 0.6) is 5.75 Å². The predicted molar refractivity (Wildman–Crippen MR) is 109 cm³/mol. The Balaban J connectivity index is 1.36. The molecule has 27 heavy (non-hydrogen) atoms. The van der Waals surface area contributed by atoms with E-state index in [1.165, 1.54) is 5.69 Å². The van der Waals surface area contributed by atoms with Crippen molar-refractivity contribution in [3.63, 3.8) is 0 Å². The molecule has 0 radical (unpaired) electrons. The Morgan fingerprint density at radius 2 is 2.00 bits per heavy atom. The summed E-state index contributed by atoms with van der Waals surface area (Å²) in [5, 5.41) is 9.42. The maximum atomic E-state index is 11.6. The van der Waals surface area contributed by atoms with Gasteiger partial charge in [-0.1, -0.05) is 23.7 Å². The summed E-state index contributed by atoms with van der Waals surface area (Å²) in [6, 6.07) is 9.74. The molecule has 0 unspecified atom stereocenters. The highest BCUT2D eigenvalue weighted by atomic mass is 35.5. The zero-order chi connectivity index (χ0) is 19.1. The predicted octanol–water partition coefficient (Wildman–Crippen LogP) is 2.45. The van der Waals surface area contributed by atoms with Gasteiger partial charge in [0.15, 0.2) is 5.15 Å². The number of nitrogens with zero attached hydrogens (tertiary/aromatic N) is 3. The van der Waals surface area contributed by atoms with Crippen LogP contribution in [0.4, 0.5) is 11.4 Å². The average Bonchev–Trinajstić information content (AvgIpc) is 2.70. The maximum absolute atomic E-state index is 11.6. The molecule has 0 amide bonds. The Morgan fingerprint density at radius 3 is 2.78 bits per heavy atom. The van der Waals surface area contributed by atoms with E-state index in [2.05, 4.69) is 37.4 Å². The standard InChI is InChI=1S/C19H26ClN5O2/c1-27-17-7-3-2-6-16(17)25-12-10-24(11-13-25)9-5-4-8-21-15-14-18(20)22-23-19(15)26/h2-3,6-7,14H,4-5,8-13H2,1H3,(H,21,22)(H,23,26). The lowest BCUT2D eigenvalue weighted by Crippen LogP contribution is -2.46. The maximum Gasteiger partial charge on any atom is 0.287 e. The molecule has 2 heterocycles. The zero-order valence-corrected chi connectivity index (χ0v) is 16.3. The van der Waals surface area contributed by atoms with Gasteiger partial charge in [-0.05, 0) is 31.5 Å². The molecular formula is C19H26ClN5O2. The van der Waals surface area contributed by atoms with Gasteiger partial charge in [-0.15, -0.1) is 0 Å². The van der Waals surface area contributed by atoms with Gasteiger partial charge in [0.05, 0.1) is 12.8 Å². The molecule has 7 nitrogen and oxygen atoms in total. The third kappa shape index (κ3) is 5.37. The quantitative estimate of drug-likeness (QED) is 0.673. The number of piperazine rings is 1. The molecule has 1 aromatic heterocycles. The van der Waals surface area contributed by atoms with Crippen molar-refractivity contribution < 1.29 is 4.74 Å². The lowest BCUT2D eigenvalue weighted by atomic mass is 10.2. The fourth-order valence-corrected chi connectivity index (χ4v) is 3.45. The van der Waals surface area contributed by atoms with Crippen molar-refractivity contribution in [3.05, 3.63) is 45.8 Å². The minimum absolute atomic E-state index is 0.244. The van der Waals surface area contributed by atoms with Crippen molar-refractivity contribution in [1.29, 1.82) is 0 Å². The first-order valence-corrected chi connectivity index (χ1v) is 9.64. The van der Waals surface area contributed by atoms with Crippen LogP contribution in [-0.2, 0) is 0 Å². The number of anilines is 2. The summed E-state index contributed by atoms with van der Waals surface area (Å²) in [6.07, 6.45) is 2.07. The summed E-state index contributed by atoms with van der Waals surface area (Å²) in [4.78, 5) is 16.5. The smallest absolute Gasteiger partial charge is 0.287 e. The van der Waals surface area contributed by atoms with Gasteiger partial charge in [-0.2, -0.15) is 5.10 Å². The molecule has 0 bridgehead atoms. The fourth-order valence-electron chi connectivity index (χ4n) is 3.30. The molecule has 1 aliphatic heterocycles. The third-order valence-electron chi connectivity index (χ3n) is 4.79. The van der Waals surface area contributed by atoms with Crippen LogP contribution in [-0.4, -0.2) is 61.5 Å². The Labute approximate surface area is 164 Å². The van der Waals surface area contributed by atoms with Crippen LogP contribution in [0.1, 0.15) is 12.8 Å². The zero-order valence-electron chi connectivity index (χ0n) is 15.6. The number of halogens is 1. The number of para-hydroxylation sites is 2. The van der Waals surface area contributed by atoms with E-state index in [1.807, 2.05) is 12.1 Å². The van der Waals surface area contributed by atoms with E-state index >= 15 is 0 Å². The number of rotatable bonds is 8. The normalized spacial score (nSPS) is 15.0. The summed E-state index contributed by atoms with van der Waals surface area (Å²) in [5.74, 6) is 0.934. The Morgan fingerprint density at radius 1 is 1.22 bits per heavy atom. The Kier molecular flexibility index (Phi) is 6.95. The highest BCUT2D eigenvalue weighted by Gasteiger charge is 2.18. The van der Waals surface area contributed by atoms with Crippen LogP contribution in [0.3, 0.4) is 0 Å². The Bertz CT molecular complexity index is 790. The van der Waals surface area contributed by atoms with Gasteiger partial charge in [-0.3, -0.25) is 9.69 Å². The second-order valence-corrected chi connectivity index (χ2v) is 6.96. The summed E-state index contributed by atoms with van der Waals surface area (Å²) in [5.41, 5.74) is 1.40. The number of benzene rings is 1. The SMILES string of the molecule is COc1ccccc1N1CCN(CCCCNc2cc(Cl)n[nH]c2=O)CC1. The van der Waals surface area contributed by atoms with Crippen molar-refractivity contribution in [3.8, 4) is 5.75 Å². The molecule has 1 aromatic carbocycles. The highest BCUT2D eigenvalue weighted by molar-refractivity contribution is 6.29. The van der Waals surface area contributed by atoms with Crippen molar-refractivity contribution in [2.24, 2.45) is 0 Å². The second kappa shape index (κ2) is 9.62. The van der Waals surface area contributed by atoms with Crippen LogP contribution in [0.25, 0.3) is 0 Å². The van der Waals surface area contributed by atoms with Crippen molar-refractivity contribution in [2.45, 2.75) is 12.8 Å². The van der Waals surface area contributed by atoms with E-state index < -0.39 is 0 Å². The lowest BCUT2D eigenvalue weighted by molar-refractivity contribution is 0.253. The molecule has 8 heteroatoms. The van der Waals surface area contributed by atoms with Gasteiger partial charge in [0.1, 0.15) is 11.4 Å². The highest BCUT2D eigenvalue weighted by Crippen LogP contribution is 2.28. The monoisotopic (exact) mass is 391 g/mol. The molecule has 3 rings (SSSR count). The molecule has 146 valence electrons. The lowest BCUT2D eigenvalue weighted by Gasteiger charge is -2.36. The van der Waals surface area contributed by atoms with E-state index in [0.717, 1.165) is 57.9 Å². The minimum Gasteiger partial charge on any atom is -0.495 e. The first-order valence-electron chi connectivity index (χ1n) is 9.27. The van der Waals surface area contributed by atoms with Gasteiger partial charge in [0, 0.05) is 38.8 Å². The van der Waals surface area contributed by atoms with Crippen molar-refractivity contribution in [2.75, 3.05) is 56.6 Å². The number of hydrogen-bond acceptors (Lipinski definition) is 6. The Hall–Kier alpha value is -2.25. The molecule has 0 saturated carbocycles. The average molecular weight is 392 g/mol. The molecule has 0 spiro atoms. The molecule has 2 aromatic rings. The number of methoxy groups -OCH3 is 1. The first-order chi connectivity index (χ1) is 13.2. The first kappa shape index (κ1) is 19.5. The van der Waals surface area contributed by atoms with Gasteiger partial charge in [0.2, 0.25) is 0 Å². The van der Waals surface area contributed by atoms with E-state index in [0.29, 0.717) is 5.69 Å². The van der Waals surface area contributed by atoms with Crippen molar-refractivity contribution >= 4 is 23.0 Å². The molecule has 0 aliphatic carbocycles. The van der Waals surface area contributed by atoms with E-state index in [-0.39, 0.29) is 10.7 Å². The van der Waals surface area contributed by atoms with Crippen molar-refractivity contribution in [1.82, 2.24) is 15.1 Å². The molecule has 1 saturated heterocycles. The summed E-state index contributed by atoms with van der Waals surface area (Å²) in [6.45, 7) is 5.91. The topological polar surface area (TPSA) is 73.5 Å². The number of ether oxygens (including phenoxy) is 1. The van der Waals surface area contributed by atoms with E-state index in [1.54, 1.807) is 13.2 Å². The second-order valence-electron chi connectivity index (χ2n) is 6.57. The van der Waals surface area contributed by atoms with Crippen LogP contribution in [0.2, 0.25) is 5.15 Å². The summed E-state index contributed by atoms with van der Waals surface area (Å²) < 4.78 is 5.47. The molecule has 0 atom stereocenters. The number of aromatic nitrogens is 2. The molecule has 2 N–H and O–H groups in total. The third-order valence-corrected chi connectivity index (χ3v) is 4.98. The number of H-pyrrole nitrogens is 1. The number of hydrogen-bond donors (Lipinski definition) is 2. The van der Waals surface area contributed by atoms with Crippen LogP contribution in [0, 0.1) is 0 Å². The number of nitrogens with one attached hydrogen (secondary N) is 2. The summed E-state index contributed by atoms with van der Waals surface area (Å²) in [7, 11) is 1.72. The summed E-state index contributed by atoms with van der Waals surface area (Å²) >= 11 is 5.79. The fraction of sp³-hybridized carbons (Fsp3) is 0.474. The minimum atomic E-state index is -0.244. The number of unbranched alkanes of at least 4 members (excludes halogenated alkanes) is 1. The van der Waals surface area contributed by atoms with Crippen LogP contribution >= 0.6 is 11.6 Å². The van der Waals surface area contributed by atoms with E-state index in [9.17, 15) is 4.79 Å². The van der Waals surface area contributed by atoms with Crippen LogP contribution in [0.15, 0.2) is 35.1 Å².